The number of hydrogen-bond acceptors (Lipinski definition) is 4. The molecule has 90 valence electrons. The van der Waals surface area contributed by atoms with Crippen LogP contribution in [0.2, 0.25) is 0 Å². The lowest BCUT2D eigenvalue weighted by molar-refractivity contribution is 0.183. The van der Waals surface area contributed by atoms with Gasteiger partial charge in [0.1, 0.15) is 0 Å². The fourth-order valence-electron chi connectivity index (χ4n) is 1.69. The third-order valence-corrected chi connectivity index (χ3v) is 2.77. The van der Waals surface area contributed by atoms with Gasteiger partial charge in [-0.05, 0) is 30.7 Å². The van der Waals surface area contributed by atoms with Crippen LogP contribution in [0.1, 0.15) is 13.3 Å². The van der Waals surface area contributed by atoms with Crippen LogP contribution in [0.25, 0.3) is 10.9 Å². The first kappa shape index (κ1) is 11.7. The Hall–Kier alpha value is -1.81. The number of aromatic nitrogens is 1. The molecule has 0 radical (unpaired) electrons. The first-order chi connectivity index (χ1) is 8.20. The Labute approximate surface area is 100 Å². The Morgan fingerprint density at radius 1 is 1.41 bits per heavy atom. The molecule has 1 aromatic heterocycles. The van der Waals surface area contributed by atoms with E-state index in [1.165, 1.54) is 0 Å². The lowest BCUT2D eigenvalue weighted by atomic mass is 10.1. The van der Waals surface area contributed by atoms with Crippen LogP contribution < -0.4 is 11.1 Å². The van der Waals surface area contributed by atoms with Gasteiger partial charge in [0, 0.05) is 29.5 Å². The zero-order valence-electron chi connectivity index (χ0n) is 9.85. The monoisotopic (exact) mass is 231 g/mol. The molecule has 4 nitrogen and oxygen atoms in total. The van der Waals surface area contributed by atoms with Gasteiger partial charge in [0.25, 0.3) is 0 Å². The van der Waals surface area contributed by atoms with Gasteiger partial charge in [-0.1, -0.05) is 6.92 Å². The van der Waals surface area contributed by atoms with Crippen LogP contribution in [0.4, 0.5) is 11.4 Å². The number of nitrogens with zero attached hydrogens (tertiary/aromatic N) is 1. The van der Waals surface area contributed by atoms with E-state index >= 15 is 0 Å². The van der Waals surface area contributed by atoms with Crippen LogP contribution in [-0.4, -0.2) is 22.7 Å². The summed E-state index contributed by atoms with van der Waals surface area (Å²) in [6, 6.07) is 7.54. The Balaban J connectivity index is 2.28. The molecule has 0 bridgehead atoms. The number of fused-ring (bicyclic) bond motifs is 1. The summed E-state index contributed by atoms with van der Waals surface area (Å²) in [5.74, 6) is 0. The van der Waals surface area contributed by atoms with E-state index in [0.717, 1.165) is 23.0 Å². The van der Waals surface area contributed by atoms with Crippen molar-refractivity contribution in [1.29, 1.82) is 0 Å². The minimum atomic E-state index is -0.327. The number of rotatable bonds is 4. The van der Waals surface area contributed by atoms with Crippen molar-refractivity contribution in [3.8, 4) is 0 Å². The number of benzene rings is 1. The minimum Gasteiger partial charge on any atom is -0.399 e. The molecule has 2 rings (SSSR count). The molecule has 0 aliphatic heterocycles. The number of nitrogens with one attached hydrogen (secondary N) is 1. The summed E-state index contributed by atoms with van der Waals surface area (Å²) >= 11 is 0. The van der Waals surface area contributed by atoms with Crippen LogP contribution in [0.3, 0.4) is 0 Å². The summed E-state index contributed by atoms with van der Waals surface area (Å²) in [7, 11) is 0. The maximum Gasteiger partial charge on any atom is 0.0743 e. The number of anilines is 2. The molecule has 1 atom stereocenters. The van der Waals surface area contributed by atoms with Crippen molar-refractivity contribution in [2.24, 2.45) is 0 Å². The molecule has 0 saturated heterocycles. The van der Waals surface area contributed by atoms with E-state index in [4.69, 9.17) is 5.73 Å². The number of nitrogens with two attached hydrogens (primary N) is 1. The second-order valence-corrected chi connectivity index (χ2v) is 4.08. The van der Waals surface area contributed by atoms with Crippen molar-refractivity contribution >= 4 is 22.3 Å². The van der Waals surface area contributed by atoms with E-state index in [2.05, 4.69) is 10.3 Å². The number of pyridine rings is 1. The van der Waals surface area contributed by atoms with Gasteiger partial charge in [0.05, 0.1) is 11.6 Å². The van der Waals surface area contributed by atoms with Crippen molar-refractivity contribution in [3.05, 3.63) is 30.5 Å². The smallest absolute Gasteiger partial charge is 0.0743 e. The average Bonchev–Trinajstić information content (AvgIpc) is 2.35. The van der Waals surface area contributed by atoms with Crippen molar-refractivity contribution in [3.63, 3.8) is 0 Å². The van der Waals surface area contributed by atoms with Gasteiger partial charge < -0.3 is 16.2 Å². The highest BCUT2D eigenvalue weighted by Gasteiger charge is 2.04. The zero-order valence-corrected chi connectivity index (χ0v) is 9.85. The standard InChI is InChI=1S/C13H17N3O/c1-2-10(17)8-16-12-5-6-15-13-7-9(14)3-4-11(12)13/h3-7,10,17H,2,8,14H2,1H3,(H,15,16). The van der Waals surface area contributed by atoms with Gasteiger partial charge in [-0.2, -0.15) is 0 Å². The maximum absolute atomic E-state index is 9.54. The molecule has 1 aromatic carbocycles. The van der Waals surface area contributed by atoms with Crippen molar-refractivity contribution in [1.82, 2.24) is 4.98 Å². The molecule has 2 aromatic rings. The van der Waals surface area contributed by atoms with Crippen molar-refractivity contribution < 1.29 is 5.11 Å². The summed E-state index contributed by atoms with van der Waals surface area (Å²) < 4.78 is 0. The molecule has 1 heterocycles. The number of aliphatic hydroxyl groups is 1. The normalized spacial score (nSPS) is 12.6. The first-order valence-corrected chi connectivity index (χ1v) is 5.77. The van der Waals surface area contributed by atoms with Crippen LogP contribution in [0.15, 0.2) is 30.5 Å². The highest BCUT2D eigenvalue weighted by molar-refractivity contribution is 5.92. The van der Waals surface area contributed by atoms with Crippen LogP contribution in [0, 0.1) is 0 Å². The summed E-state index contributed by atoms with van der Waals surface area (Å²) in [6.07, 6.45) is 2.15. The van der Waals surface area contributed by atoms with E-state index in [-0.39, 0.29) is 6.10 Å². The highest BCUT2D eigenvalue weighted by atomic mass is 16.3. The van der Waals surface area contributed by atoms with E-state index < -0.39 is 0 Å². The predicted molar refractivity (Wildman–Crippen MR) is 70.9 cm³/mol. The third kappa shape index (κ3) is 2.65. The summed E-state index contributed by atoms with van der Waals surface area (Å²) in [5.41, 5.74) is 8.26. The Morgan fingerprint density at radius 3 is 3.00 bits per heavy atom. The fourth-order valence-corrected chi connectivity index (χ4v) is 1.69. The number of hydrogen-bond donors (Lipinski definition) is 3. The zero-order chi connectivity index (χ0) is 12.3. The Morgan fingerprint density at radius 2 is 2.24 bits per heavy atom. The molecular weight excluding hydrogens is 214 g/mol. The van der Waals surface area contributed by atoms with E-state index in [1.54, 1.807) is 6.20 Å². The number of aliphatic hydroxyl groups excluding tert-OH is 1. The molecule has 4 N–H and O–H groups in total. The molecule has 1 unspecified atom stereocenters. The molecule has 0 spiro atoms. The van der Waals surface area contributed by atoms with E-state index in [9.17, 15) is 5.11 Å². The van der Waals surface area contributed by atoms with Crippen LogP contribution in [0.5, 0.6) is 0 Å². The highest BCUT2D eigenvalue weighted by Crippen LogP contribution is 2.23. The Kier molecular flexibility index (Phi) is 3.44. The number of nitrogen functional groups attached to an aromatic ring is 1. The van der Waals surface area contributed by atoms with Gasteiger partial charge in [-0.3, -0.25) is 4.98 Å². The van der Waals surface area contributed by atoms with Crippen LogP contribution >= 0.6 is 0 Å². The second kappa shape index (κ2) is 5.01. The van der Waals surface area contributed by atoms with Gasteiger partial charge in [-0.25, -0.2) is 0 Å². The molecule has 0 fully saturated rings. The Bertz CT molecular complexity index is 513. The predicted octanol–water partition coefficient (Wildman–Crippen LogP) is 2.00. The van der Waals surface area contributed by atoms with Gasteiger partial charge in [-0.15, -0.1) is 0 Å². The molecule has 4 heteroatoms. The van der Waals surface area contributed by atoms with Gasteiger partial charge in [0.15, 0.2) is 0 Å². The van der Waals surface area contributed by atoms with Gasteiger partial charge in [0.2, 0.25) is 0 Å². The summed E-state index contributed by atoms with van der Waals surface area (Å²) in [5, 5.41) is 13.8. The summed E-state index contributed by atoms with van der Waals surface area (Å²) in [6.45, 7) is 2.50. The SMILES string of the molecule is CCC(O)CNc1ccnc2cc(N)ccc12. The average molecular weight is 231 g/mol. The van der Waals surface area contributed by atoms with Crippen molar-refractivity contribution in [2.45, 2.75) is 19.4 Å². The summed E-state index contributed by atoms with van der Waals surface area (Å²) in [4.78, 5) is 4.27. The van der Waals surface area contributed by atoms with E-state index in [0.29, 0.717) is 12.2 Å². The molecule has 17 heavy (non-hydrogen) atoms. The molecular formula is C13H17N3O. The maximum atomic E-state index is 9.54. The lowest BCUT2D eigenvalue weighted by Gasteiger charge is -2.12. The largest absolute Gasteiger partial charge is 0.399 e. The molecule has 0 aliphatic carbocycles. The molecule has 0 saturated carbocycles. The van der Waals surface area contributed by atoms with Gasteiger partial charge >= 0.3 is 0 Å². The quantitative estimate of drug-likeness (QED) is 0.704. The molecule has 0 aliphatic rings. The third-order valence-electron chi connectivity index (χ3n) is 2.77. The lowest BCUT2D eigenvalue weighted by Crippen LogP contribution is -2.18. The van der Waals surface area contributed by atoms with E-state index in [1.807, 2.05) is 31.2 Å². The van der Waals surface area contributed by atoms with Crippen molar-refractivity contribution in [2.75, 3.05) is 17.6 Å². The van der Waals surface area contributed by atoms with Crippen LogP contribution in [-0.2, 0) is 0 Å². The second-order valence-electron chi connectivity index (χ2n) is 4.08. The topological polar surface area (TPSA) is 71.2 Å². The fraction of sp³-hybridized carbons (Fsp3) is 0.308. The molecule has 0 amide bonds. The minimum absolute atomic E-state index is 0.327. The first-order valence-electron chi connectivity index (χ1n) is 5.77.